The third kappa shape index (κ3) is 11.7. The molecule has 4 aromatic rings. The molecule has 44 heavy (non-hydrogen) atoms. The molecule has 0 saturated carbocycles. The Balaban J connectivity index is 0.000000241. The Hall–Kier alpha value is -4.36. The van der Waals surface area contributed by atoms with Crippen molar-refractivity contribution in [1.29, 1.82) is 0 Å². The largest absolute Gasteiger partial charge is 0.187 e. The number of nitrogens with zero attached hydrogens (tertiary/aromatic N) is 4. The number of rotatable bonds is 14. The first kappa shape index (κ1) is 34.1. The van der Waals surface area contributed by atoms with E-state index >= 15 is 0 Å². The van der Waals surface area contributed by atoms with E-state index in [2.05, 4.69) is 108 Å². The zero-order valence-electron chi connectivity index (χ0n) is 27.1. The maximum atomic E-state index is 4.46. The molecule has 0 radical (unpaired) electrons. The normalized spacial score (nSPS) is 10.1. The van der Waals surface area contributed by atoms with Crippen molar-refractivity contribution in [1.82, 2.24) is 0 Å². The van der Waals surface area contributed by atoms with Gasteiger partial charge in [-0.1, -0.05) is 126 Å². The van der Waals surface area contributed by atoms with Gasteiger partial charge >= 0.3 is 0 Å². The number of aliphatic imine (C=N–C) groups is 4. The zero-order valence-corrected chi connectivity index (χ0v) is 27.1. The minimum absolute atomic E-state index is 0.969. The number of unbranched alkanes of at least 4 members (excludes halogenated alkanes) is 2. The van der Waals surface area contributed by atoms with Gasteiger partial charge in [0.1, 0.15) is 12.0 Å². The van der Waals surface area contributed by atoms with Gasteiger partial charge in [0.05, 0.1) is 22.7 Å². The van der Waals surface area contributed by atoms with Gasteiger partial charge in [0, 0.05) is 0 Å². The highest BCUT2D eigenvalue weighted by Crippen LogP contribution is 2.23. The van der Waals surface area contributed by atoms with Crippen LogP contribution in [0.2, 0.25) is 0 Å². The van der Waals surface area contributed by atoms with Crippen molar-refractivity contribution in [3.8, 4) is 0 Å². The molecule has 0 fully saturated rings. The van der Waals surface area contributed by atoms with E-state index in [4.69, 9.17) is 0 Å². The van der Waals surface area contributed by atoms with Crippen LogP contribution in [0.3, 0.4) is 0 Å². The molecular formula is C40H48N4. The number of hydrogen-bond acceptors (Lipinski definition) is 4. The van der Waals surface area contributed by atoms with Crippen LogP contribution in [0.4, 0.5) is 22.7 Å². The maximum absolute atomic E-state index is 4.46. The summed E-state index contributed by atoms with van der Waals surface area (Å²) < 4.78 is 0. The molecule has 0 aliphatic carbocycles. The van der Waals surface area contributed by atoms with Gasteiger partial charge in [-0.15, -0.1) is 0 Å². The monoisotopic (exact) mass is 584 g/mol. The first-order chi connectivity index (χ1) is 21.7. The van der Waals surface area contributed by atoms with E-state index in [9.17, 15) is 0 Å². The molecule has 4 heteroatoms. The van der Waals surface area contributed by atoms with Crippen LogP contribution in [0.15, 0.2) is 117 Å². The van der Waals surface area contributed by atoms with Gasteiger partial charge < -0.3 is 0 Å². The summed E-state index contributed by atoms with van der Waals surface area (Å²) in [6, 6.07) is 38.7. The molecule has 0 spiro atoms. The minimum atomic E-state index is 0.969. The third-order valence-electron chi connectivity index (χ3n) is 7.29. The SMILES string of the molecule is CCCCc1ccccc1N=C=Nc1ccccc1CCCC.CCCc1ccccc1N=C=Nc1ccccc1CCC. The average molecular weight is 585 g/mol. The predicted octanol–water partition coefficient (Wildman–Crippen LogP) is 12.2. The first-order valence-electron chi connectivity index (χ1n) is 16.3. The lowest BCUT2D eigenvalue weighted by Gasteiger charge is -2.03. The van der Waals surface area contributed by atoms with Gasteiger partial charge in [-0.3, -0.25) is 0 Å². The van der Waals surface area contributed by atoms with Crippen molar-refractivity contribution < 1.29 is 0 Å². The summed E-state index contributed by atoms with van der Waals surface area (Å²) in [5, 5.41) is 0. The number of aryl methyl sites for hydroxylation is 4. The Morgan fingerprint density at radius 1 is 0.364 bits per heavy atom. The summed E-state index contributed by atoms with van der Waals surface area (Å²) >= 11 is 0. The second kappa shape index (κ2) is 20.5. The summed E-state index contributed by atoms with van der Waals surface area (Å²) in [6.45, 7) is 8.77. The van der Waals surface area contributed by atoms with Crippen LogP contribution in [0.1, 0.15) is 88.5 Å². The highest BCUT2D eigenvalue weighted by Gasteiger charge is 2.01. The molecule has 4 aromatic carbocycles. The van der Waals surface area contributed by atoms with E-state index < -0.39 is 0 Å². The van der Waals surface area contributed by atoms with Crippen molar-refractivity contribution in [3.63, 3.8) is 0 Å². The van der Waals surface area contributed by atoms with Gasteiger partial charge in [-0.25, -0.2) is 0 Å². The molecule has 0 N–H and O–H groups in total. The van der Waals surface area contributed by atoms with E-state index in [1.165, 1.54) is 47.9 Å². The highest BCUT2D eigenvalue weighted by molar-refractivity contribution is 5.62. The zero-order chi connectivity index (χ0) is 31.2. The fourth-order valence-corrected chi connectivity index (χ4v) is 4.86. The summed E-state index contributed by atoms with van der Waals surface area (Å²) in [4.78, 5) is 17.7. The lowest BCUT2D eigenvalue weighted by atomic mass is 10.1. The maximum Gasteiger partial charge on any atom is 0.100 e. The van der Waals surface area contributed by atoms with Crippen molar-refractivity contribution in [2.75, 3.05) is 0 Å². The average Bonchev–Trinajstić information content (AvgIpc) is 3.06. The van der Waals surface area contributed by atoms with Crippen LogP contribution in [0, 0.1) is 0 Å². The molecule has 0 atom stereocenters. The van der Waals surface area contributed by atoms with Gasteiger partial charge in [-0.2, -0.15) is 20.0 Å². The molecule has 4 nitrogen and oxygen atoms in total. The summed E-state index contributed by atoms with van der Waals surface area (Å²) in [7, 11) is 0. The summed E-state index contributed by atoms with van der Waals surface area (Å²) in [5.41, 5.74) is 8.96. The second-order valence-corrected chi connectivity index (χ2v) is 10.9. The van der Waals surface area contributed by atoms with Crippen molar-refractivity contribution >= 4 is 34.8 Å². The van der Waals surface area contributed by atoms with Crippen LogP contribution in [0.25, 0.3) is 0 Å². The van der Waals surface area contributed by atoms with E-state index in [1.807, 2.05) is 48.5 Å². The van der Waals surface area contributed by atoms with Crippen LogP contribution in [0.5, 0.6) is 0 Å². The standard InChI is InChI=1S/C21H26N2.C19H22N2/c1-3-5-11-18-13-7-9-15-20(18)22-17-23-21-16-10-8-14-19(21)12-6-4-2;1-3-9-16-11-5-7-13-18(16)20-15-21-19-14-8-6-12-17(19)10-4-2/h7-10,13-16H,3-6,11-12H2,1-2H3;5-8,11-14H,3-4,9-10H2,1-2H3. The Labute approximate surface area is 265 Å². The van der Waals surface area contributed by atoms with Gasteiger partial charge in [0.25, 0.3) is 0 Å². The van der Waals surface area contributed by atoms with E-state index in [1.54, 1.807) is 0 Å². The summed E-state index contributed by atoms with van der Waals surface area (Å²) in [6.07, 6.45) is 11.2. The lowest BCUT2D eigenvalue weighted by molar-refractivity contribution is 0.795. The Bertz CT molecular complexity index is 1430. The Morgan fingerprint density at radius 2 is 0.636 bits per heavy atom. The molecule has 0 aliphatic rings. The van der Waals surface area contributed by atoms with E-state index in [0.717, 1.165) is 61.3 Å². The summed E-state index contributed by atoms with van der Waals surface area (Å²) in [5.74, 6) is 0. The van der Waals surface area contributed by atoms with Crippen LogP contribution in [-0.2, 0) is 25.7 Å². The molecule has 0 unspecified atom stereocenters. The van der Waals surface area contributed by atoms with E-state index in [0.29, 0.717) is 0 Å². The number of para-hydroxylation sites is 4. The van der Waals surface area contributed by atoms with Crippen molar-refractivity contribution in [2.24, 2.45) is 20.0 Å². The van der Waals surface area contributed by atoms with Gasteiger partial charge in [0.2, 0.25) is 0 Å². The predicted molar refractivity (Wildman–Crippen MR) is 189 cm³/mol. The molecule has 0 heterocycles. The van der Waals surface area contributed by atoms with Crippen LogP contribution < -0.4 is 0 Å². The number of benzene rings is 4. The highest BCUT2D eigenvalue weighted by atomic mass is 14.8. The van der Waals surface area contributed by atoms with E-state index in [-0.39, 0.29) is 0 Å². The Kier molecular flexibility index (Phi) is 15.9. The van der Waals surface area contributed by atoms with Crippen molar-refractivity contribution in [2.45, 2.75) is 91.9 Å². The molecule has 0 amide bonds. The minimum Gasteiger partial charge on any atom is -0.187 e. The molecule has 228 valence electrons. The molecule has 0 aliphatic heterocycles. The number of hydrogen-bond donors (Lipinski definition) is 0. The van der Waals surface area contributed by atoms with Gasteiger partial charge in [0.15, 0.2) is 0 Å². The van der Waals surface area contributed by atoms with Gasteiger partial charge in [-0.05, 0) is 85.0 Å². The molecule has 0 saturated heterocycles. The smallest absolute Gasteiger partial charge is 0.100 e. The molecule has 0 aromatic heterocycles. The lowest BCUT2D eigenvalue weighted by Crippen LogP contribution is -1.85. The Morgan fingerprint density at radius 3 is 0.909 bits per heavy atom. The fraction of sp³-hybridized carbons (Fsp3) is 0.350. The molecular weight excluding hydrogens is 536 g/mol. The second-order valence-electron chi connectivity index (χ2n) is 10.9. The first-order valence-corrected chi connectivity index (χ1v) is 16.3. The van der Waals surface area contributed by atoms with Crippen LogP contribution in [-0.4, -0.2) is 12.0 Å². The van der Waals surface area contributed by atoms with Crippen molar-refractivity contribution in [3.05, 3.63) is 119 Å². The van der Waals surface area contributed by atoms with Crippen LogP contribution >= 0.6 is 0 Å². The quantitative estimate of drug-likeness (QED) is 0.132. The molecule has 0 bridgehead atoms. The topological polar surface area (TPSA) is 49.4 Å². The fourth-order valence-electron chi connectivity index (χ4n) is 4.86. The molecule has 4 rings (SSSR count). The third-order valence-corrected chi connectivity index (χ3v) is 7.29.